The molecule has 0 aromatic heterocycles. The van der Waals surface area contributed by atoms with Gasteiger partial charge in [-0.25, -0.2) is 0 Å². The van der Waals surface area contributed by atoms with Gasteiger partial charge in [0.15, 0.2) is 0 Å². The summed E-state index contributed by atoms with van der Waals surface area (Å²) in [6.45, 7) is 5.01. The number of nitrogens with one attached hydrogen (secondary N) is 1. The first kappa shape index (κ1) is 82.9. The van der Waals surface area contributed by atoms with Crippen LogP contribution in [0, 0.1) is 0 Å². The van der Waals surface area contributed by atoms with Gasteiger partial charge in [0.25, 0.3) is 0 Å². The monoisotopic (exact) mass is 1190 g/mol. The molecule has 0 aliphatic carbocycles. The van der Waals surface area contributed by atoms with E-state index in [1.807, 2.05) is 0 Å². The third-order valence-corrected chi connectivity index (χ3v) is 18.9. The molecule has 0 heterocycles. The third kappa shape index (κ3) is 70.0. The van der Waals surface area contributed by atoms with Crippen LogP contribution in [0.25, 0.3) is 0 Å². The van der Waals surface area contributed by atoms with Crippen LogP contribution in [0.4, 0.5) is 0 Å². The fourth-order valence-corrected chi connectivity index (χ4v) is 12.9. The second-order valence-corrected chi connectivity index (χ2v) is 27.4. The lowest BCUT2D eigenvalue weighted by Gasteiger charge is -2.22. The van der Waals surface area contributed by atoms with Gasteiger partial charge in [-0.15, -0.1) is 0 Å². The Hall–Kier alpha value is -1.14. The number of esters is 1. The first-order valence-corrected chi connectivity index (χ1v) is 39.3. The number of aliphatic hydroxyl groups excluding tert-OH is 2. The van der Waals surface area contributed by atoms with E-state index in [1.165, 1.54) is 392 Å². The average Bonchev–Trinajstić information content (AvgIpc) is 3.50. The predicted molar refractivity (Wildman–Crippen MR) is 371 cm³/mol. The van der Waals surface area contributed by atoms with E-state index < -0.39 is 12.1 Å². The van der Waals surface area contributed by atoms with E-state index in [2.05, 4.69) is 19.2 Å². The number of unbranched alkanes of at least 4 members (excludes halogenated alkanes) is 64. The molecule has 6 nitrogen and oxygen atoms in total. The number of ether oxygens (including phenoxy) is 1. The van der Waals surface area contributed by atoms with Gasteiger partial charge in [0, 0.05) is 12.8 Å². The van der Waals surface area contributed by atoms with Gasteiger partial charge in [-0.05, 0) is 25.7 Å². The van der Waals surface area contributed by atoms with Crippen molar-refractivity contribution in [2.24, 2.45) is 0 Å². The molecule has 2 unspecified atom stereocenters. The summed E-state index contributed by atoms with van der Waals surface area (Å²) in [4.78, 5) is 24.6. The van der Waals surface area contributed by atoms with E-state index in [1.54, 1.807) is 0 Å². The lowest BCUT2D eigenvalue weighted by Crippen LogP contribution is -2.45. The van der Waals surface area contributed by atoms with Crippen LogP contribution in [0.2, 0.25) is 0 Å². The van der Waals surface area contributed by atoms with Crippen molar-refractivity contribution in [2.75, 3.05) is 13.2 Å². The zero-order valence-corrected chi connectivity index (χ0v) is 57.7. The number of hydrogen-bond acceptors (Lipinski definition) is 5. The highest BCUT2D eigenvalue weighted by Gasteiger charge is 2.20. The minimum absolute atomic E-state index is 0.0228. The summed E-state index contributed by atoms with van der Waals surface area (Å²) >= 11 is 0. The maximum atomic E-state index is 12.6. The van der Waals surface area contributed by atoms with Crippen molar-refractivity contribution in [1.82, 2.24) is 5.32 Å². The van der Waals surface area contributed by atoms with Crippen LogP contribution in [-0.2, 0) is 14.3 Å². The molecule has 0 saturated heterocycles. The lowest BCUT2D eigenvalue weighted by atomic mass is 10.0. The molecule has 0 saturated carbocycles. The van der Waals surface area contributed by atoms with Gasteiger partial charge in [0.2, 0.25) is 5.91 Å². The topological polar surface area (TPSA) is 95.9 Å². The summed E-state index contributed by atoms with van der Waals surface area (Å²) in [5, 5.41) is 23.5. The Morgan fingerprint density at radius 3 is 0.726 bits per heavy atom. The summed E-state index contributed by atoms with van der Waals surface area (Å²) in [5.74, 6) is -0.00134. The van der Waals surface area contributed by atoms with Crippen LogP contribution in [0.5, 0.6) is 0 Å². The van der Waals surface area contributed by atoms with E-state index in [0.717, 1.165) is 38.5 Å². The van der Waals surface area contributed by atoms with E-state index >= 15 is 0 Å². The molecule has 0 bridgehead atoms. The summed E-state index contributed by atoms with van der Waals surface area (Å²) in [6, 6.07) is -0.538. The van der Waals surface area contributed by atoms with Gasteiger partial charge in [0.1, 0.15) is 0 Å². The molecule has 0 rings (SSSR count). The average molecular weight is 1190 g/mol. The summed E-state index contributed by atoms with van der Waals surface area (Å²) in [6.07, 6.45) is 91.9. The Bertz CT molecular complexity index is 1230. The van der Waals surface area contributed by atoms with Gasteiger partial charge in [0.05, 0.1) is 25.4 Å². The molecule has 6 heteroatoms. The smallest absolute Gasteiger partial charge is 0.305 e. The number of amides is 1. The van der Waals surface area contributed by atoms with E-state index in [-0.39, 0.29) is 18.5 Å². The maximum Gasteiger partial charge on any atom is 0.305 e. The highest BCUT2D eigenvalue weighted by atomic mass is 16.5. The first-order valence-electron chi connectivity index (χ1n) is 39.3. The van der Waals surface area contributed by atoms with Gasteiger partial charge in [-0.2, -0.15) is 0 Å². The molecule has 0 fully saturated rings. The van der Waals surface area contributed by atoms with Crippen molar-refractivity contribution in [3.63, 3.8) is 0 Å². The molecule has 0 aliphatic heterocycles. The minimum atomic E-state index is -0.662. The second kappa shape index (κ2) is 74.3. The first-order chi connectivity index (χ1) is 41.5. The number of carbonyl (C=O) groups excluding carboxylic acids is 2. The Balaban J connectivity index is 3.33. The Morgan fingerprint density at radius 2 is 0.488 bits per heavy atom. The zero-order valence-electron chi connectivity index (χ0n) is 57.7. The minimum Gasteiger partial charge on any atom is -0.466 e. The standard InChI is InChI=1S/C78H155NO5/c1-3-5-7-9-11-13-15-17-18-19-20-21-22-32-35-38-41-44-47-50-54-58-62-66-70-76(81)75(74-80)79-77(82)71-67-63-59-55-51-48-45-42-39-36-33-30-28-26-24-23-25-27-29-31-34-37-40-43-46-49-53-57-61-65-69-73-84-78(83)72-68-64-60-56-52-16-14-12-10-8-6-4-2/h75-76,80-81H,3-74H2,1-2H3,(H,79,82). The van der Waals surface area contributed by atoms with Crippen molar-refractivity contribution in [1.29, 1.82) is 0 Å². The van der Waals surface area contributed by atoms with Gasteiger partial charge in [-0.1, -0.05) is 425 Å². The number of hydrogen-bond donors (Lipinski definition) is 3. The molecule has 84 heavy (non-hydrogen) atoms. The van der Waals surface area contributed by atoms with Crippen LogP contribution >= 0.6 is 0 Å². The lowest BCUT2D eigenvalue weighted by molar-refractivity contribution is -0.143. The molecule has 0 spiro atoms. The number of aliphatic hydroxyl groups is 2. The summed E-state index contributed by atoms with van der Waals surface area (Å²) < 4.78 is 5.49. The van der Waals surface area contributed by atoms with Crippen LogP contribution in [0.3, 0.4) is 0 Å². The highest BCUT2D eigenvalue weighted by molar-refractivity contribution is 5.76. The molecule has 0 aromatic rings. The van der Waals surface area contributed by atoms with Crippen molar-refractivity contribution in [2.45, 2.75) is 475 Å². The van der Waals surface area contributed by atoms with Gasteiger partial charge >= 0.3 is 5.97 Å². The Morgan fingerprint density at radius 1 is 0.286 bits per heavy atom. The summed E-state index contributed by atoms with van der Waals surface area (Å²) in [5.41, 5.74) is 0. The van der Waals surface area contributed by atoms with E-state index in [0.29, 0.717) is 25.9 Å². The molecular formula is C78H155NO5. The van der Waals surface area contributed by atoms with Crippen LogP contribution in [0.1, 0.15) is 463 Å². The van der Waals surface area contributed by atoms with Crippen molar-refractivity contribution < 1.29 is 24.5 Å². The molecule has 2 atom stereocenters. The van der Waals surface area contributed by atoms with Crippen molar-refractivity contribution in [3.05, 3.63) is 0 Å². The molecule has 3 N–H and O–H groups in total. The fourth-order valence-electron chi connectivity index (χ4n) is 12.9. The molecule has 0 radical (unpaired) electrons. The van der Waals surface area contributed by atoms with E-state index in [4.69, 9.17) is 4.74 Å². The van der Waals surface area contributed by atoms with Gasteiger partial charge < -0.3 is 20.3 Å². The fraction of sp³-hybridized carbons (Fsp3) is 0.974. The number of carbonyl (C=O) groups is 2. The molecule has 502 valence electrons. The molecule has 0 aliphatic rings. The van der Waals surface area contributed by atoms with Crippen molar-refractivity contribution >= 4 is 11.9 Å². The zero-order chi connectivity index (χ0) is 60.6. The number of rotatable bonds is 75. The van der Waals surface area contributed by atoms with Crippen molar-refractivity contribution in [3.8, 4) is 0 Å². The van der Waals surface area contributed by atoms with Crippen LogP contribution in [-0.4, -0.2) is 47.4 Å². The molecule has 1 amide bonds. The Labute approximate surface area is 527 Å². The summed E-state index contributed by atoms with van der Waals surface area (Å²) in [7, 11) is 0. The maximum absolute atomic E-state index is 12.6. The molecular weight excluding hydrogens is 1030 g/mol. The highest BCUT2D eigenvalue weighted by Crippen LogP contribution is 2.21. The Kier molecular flexibility index (Phi) is 73.3. The largest absolute Gasteiger partial charge is 0.466 e. The quantitative estimate of drug-likeness (QED) is 0.0417. The molecule has 0 aromatic carbocycles. The normalized spacial score (nSPS) is 12.4. The van der Waals surface area contributed by atoms with Gasteiger partial charge in [-0.3, -0.25) is 9.59 Å². The van der Waals surface area contributed by atoms with E-state index in [9.17, 15) is 19.8 Å². The van der Waals surface area contributed by atoms with Crippen LogP contribution < -0.4 is 5.32 Å². The predicted octanol–water partition coefficient (Wildman–Crippen LogP) is 25.7. The SMILES string of the molecule is CCCCCCCCCCCCCCCCCCCCCCCCCCC(O)C(CO)NC(=O)CCCCCCCCCCCCCCCCCCCCCCCCCCCCCCCCCOC(=O)CCCCCCCCCCCCCC. The third-order valence-electron chi connectivity index (χ3n) is 18.9. The second-order valence-electron chi connectivity index (χ2n) is 27.4. The van der Waals surface area contributed by atoms with Crippen LogP contribution in [0.15, 0.2) is 0 Å².